The molecule has 0 aliphatic rings. The minimum absolute atomic E-state index is 0.0172. The number of benzene rings is 1. The lowest BCUT2D eigenvalue weighted by atomic mass is 10.1. The van der Waals surface area contributed by atoms with E-state index in [1.807, 2.05) is 6.92 Å². The highest BCUT2D eigenvalue weighted by Crippen LogP contribution is 2.10. The standard InChI is InChI=1S/C13H18O4S/c1-2-3-4-9-18(16,17)10-11-5-7-12(8-6-11)13(14)15/h5-8H,2-4,9-10H2,1H3,(H,14,15). The van der Waals surface area contributed by atoms with E-state index >= 15 is 0 Å². The van der Waals surface area contributed by atoms with E-state index in [1.54, 1.807) is 12.1 Å². The third-order valence-electron chi connectivity index (χ3n) is 2.65. The van der Waals surface area contributed by atoms with Crippen LogP contribution in [-0.2, 0) is 15.6 Å². The van der Waals surface area contributed by atoms with Gasteiger partial charge in [-0.2, -0.15) is 0 Å². The van der Waals surface area contributed by atoms with E-state index in [2.05, 4.69) is 0 Å². The lowest BCUT2D eigenvalue weighted by molar-refractivity contribution is 0.0697. The summed E-state index contributed by atoms with van der Waals surface area (Å²) in [5.74, 6) is -0.828. The predicted molar refractivity (Wildman–Crippen MR) is 70.4 cm³/mol. The Labute approximate surface area is 108 Å². The number of hydrogen-bond donors (Lipinski definition) is 1. The van der Waals surface area contributed by atoms with E-state index in [1.165, 1.54) is 12.1 Å². The molecule has 0 fully saturated rings. The van der Waals surface area contributed by atoms with Crippen molar-refractivity contribution < 1.29 is 18.3 Å². The fourth-order valence-corrected chi connectivity index (χ4v) is 3.13. The molecule has 0 saturated carbocycles. The molecule has 0 bridgehead atoms. The van der Waals surface area contributed by atoms with Crippen molar-refractivity contribution in [3.05, 3.63) is 35.4 Å². The summed E-state index contributed by atoms with van der Waals surface area (Å²) in [4.78, 5) is 10.7. The van der Waals surface area contributed by atoms with Gasteiger partial charge in [-0.3, -0.25) is 0 Å². The number of sulfone groups is 1. The Morgan fingerprint density at radius 1 is 1.17 bits per heavy atom. The van der Waals surface area contributed by atoms with Crippen LogP contribution in [0.25, 0.3) is 0 Å². The van der Waals surface area contributed by atoms with Gasteiger partial charge in [-0.25, -0.2) is 13.2 Å². The summed E-state index contributed by atoms with van der Waals surface area (Å²) in [5.41, 5.74) is 0.804. The van der Waals surface area contributed by atoms with Crippen molar-refractivity contribution in [2.45, 2.75) is 31.9 Å². The Hall–Kier alpha value is -1.36. The molecule has 0 unspecified atom stereocenters. The van der Waals surface area contributed by atoms with Crippen LogP contribution in [0.15, 0.2) is 24.3 Å². The van der Waals surface area contributed by atoms with Crippen LogP contribution in [0.2, 0.25) is 0 Å². The monoisotopic (exact) mass is 270 g/mol. The highest BCUT2D eigenvalue weighted by Gasteiger charge is 2.12. The first-order valence-corrected chi connectivity index (χ1v) is 7.79. The van der Waals surface area contributed by atoms with Crippen molar-refractivity contribution in [2.75, 3.05) is 5.75 Å². The molecular formula is C13H18O4S. The van der Waals surface area contributed by atoms with Crippen LogP contribution in [0.4, 0.5) is 0 Å². The zero-order valence-corrected chi connectivity index (χ0v) is 11.2. The van der Waals surface area contributed by atoms with Crippen molar-refractivity contribution >= 4 is 15.8 Å². The summed E-state index contributed by atoms with van der Waals surface area (Å²) in [6.07, 6.45) is 2.59. The van der Waals surface area contributed by atoms with Crippen LogP contribution >= 0.6 is 0 Å². The van der Waals surface area contributed by atoms with E-state index in [9.17, 15) is 13.2 Å². The summed E-state index contributed by atoms with van der Waals surface area (Å²) >= 11 is 0. The molecule has 0 aromatic heterocycles. The highest BCUT2D eigenvalue weighted by atomic mass is 32.2. The Bertz CT molecular complexity index is 488. The molecule has 0 aliphatic carbocycles. The van der Waals surface area contributed by atoms with Crippen LogP contribution in [0.3, 0.4) is 0 Å². The van der Waals surface area contributed by atoms with Gasteiger partial charge in [0.2, 0.25) is 0 Å². The van der Waals surface area contributed by atoms with Gasteiger partial charge in [-0.05, 0) is 24.1 Å². The maximum Gasteiger partial charge on any atom is 0.335 e. The summed E-state index contributed by atoms with van der Waals surface area (Å²) < 4.78 is 23.6. The fraction of sp³-hybridized carbons (Fsp3) is 0.462. The van der Waals surface area contributed by atoms with Gasteiger partial charge < -0.3 is 5.11 Å². The maximum atomic E-state index is 11.8. The third-order valence-corrected chi connectivity index (χ3v) is 4.33. The predicted octanol–water partition coefficient (Wildman–Crippen LogP) is 2.49. The molecule has 0 aliphatic heterocycles. The van der Waals surface area contributed by atoms with Gasteiger partial charge in [0, 0.05) is 0 Å². The normalized spacial score (nSPS) is 11.4. The minimum atomic E-state index is -3.09. The summed E-state index contributed by atoms with van der Waals surface area (Å²) in [6.45, 7) is 2.03. The number of rotatable bonds is 7. The molecule has 1 N–H and O–H groups in total. The largest absolute Gasteiger partial charge is 0.478 e. The van der Waals surface area contributed by atoms with Gasteiger partial charge in [-0.1, -0.05) is 31.9 Å². The quantitative estimate of drug-likeness (QED) is 0.773. The number of carbonyl (C=O) groups is 1. The van der Waals surface area contributed by atoms with Gasteiger partial charge >= 0.3 is 5.97 Å². The minimum Gasteiger partial charge on any atom is -0.478 e. The van der Waals surface area contributed by atoms with Crippen molar-refractivity contribution in [2.24, 2.45) is 0 Å². The Morgan fingerprint density at radius 2 is 1.78 bits per heavy atom. The van der Waals surface area contributed by atoms with Crippen molar-refractivity contribution in [3.8, 4) is 0 Å². The topological polar surface area (TPSA) is 71.4 Å². The van der Waals surface area contributed by atoms with E-state index in [4.69, 9.17) is 5.11 Å². The second kappa shape index (κ2) is 6.54. The van der Waals surface area contributed by atoms with E-state index in [0.29, 0.717) is 12.0 Å². The molecule has 0 heterocycles. The Balaban J connectivity index is 2.63. The smallest absolute Gasteiger partial charge is 0.335 e. The van der Waals surface area contributed by atoms with Crippen molar-refractivity contribution in [1.82, 2.24) is 0 Å². The van der Waals surface area contributed by atoms with Gasteiger partial charge in [0.1, 0.15) is 0 Å². The summed E-state index contributed by atoms with van der Waals surface area (Å²) in [6, 6.07) is 5.97. The van der Waals surface area contributed by atoms with E-state index in [-0.39, 0.29) is 17.1 Å². The second-order valence-corrected chi connectivity index (χ2v) is 6.49. The number of carboxylic acid groups (broad SMARTS) is 1. The molecule has 1 aromatic rings. The lowest BCUT2D eigenvalue weighted by Crippen LogP contribution is -2.09. The zero-order valence-electron chi connectivity index (χ0n) is 10.4. The first-order chi connectivity index (χ1) is 8.44. The molecule has 0 spiro atoms. The Morgan fingerprint density at radius 3 is 2.28 bits per heavy atom. The van der Waals surface area contributed by atoms with Gasteiger partial charge in [0.15, 0.2) is 9.84 Å². The third kappa shape index (κ3) is 4.87. The van der Waals surface area contributed by atoms with Crippen LogP contribution in [0.1, 0.15) is 42.1 Å². The highest BCUT2D eigenvalue weighted by molar-refractivity contribution is 7.90. The van der Waals surface area contributed by atoms with Crippen LogP contribution in [0.5, 0.6) is 0 Å². The number of hydrogen-bond acceptors (Lipinski definition) is 3. The first-order valence-electron chi connectivity index (χ1n) is 5.97. The van der Waals surface area contributed by atoms with Crippen LogP contribution < -0.4 is 0 Å². The number of carboxylic acids is 1. The number of aromatic carboxylic acids is 1. The van der Waals surface area contributed by atoms with Crippen LogP contribution in [0, 0.1) is 0 Å². The van der Waals surface area contributed by atoms with Crippen molar-refractivity contribution in [3.63, 3.8) is 0 Å². The molecule has 4 nitrogen and oxygen atoms in total. The summed E-state index contributed by atoms with van der Waals surface area (Å²) in [7, 11) is -3.09. The molecular weight excluding hydrogens is 252 g/mol. The van der Waals surface area contributed by atoms with Gasteiger partial charge in [0.05, 0.1) is 17.1 Å². The first kappa shape index (κ1) is 14.7. The summed E-state index contributed by atoms with van der Waals surface area (Å²) in [5, 5.41) is 8.73. The lowest BCUT2D eigenvalue weighted by Gasteiger charge is -2.04. The Kier molecular flexibility index (Phi) is 5.34. The molecule has 0 atom stereocenters. The van der Waals surface area contributed by atoms with E-state index in [0.717, 1.165) is 12.8 Å². The average Bonchev–Trinajstić information content (AvgIpc) is 2.29. The molecule has 1 rings (SSSR count). The molecule has 100 valence electrons. The van der Waals surface area contributed by atoms with Gasteiger partial charge in [0.25, 0.3) is 0 Å². The van der Waals surface area contributed by atoms with Gasteiger partial charge in [-0.15, -0.1) is 0 Å². The molecule has 5 heteroatoms. The fourth-order valence-electron chi connectivity index (χ4n) is 1.64. The molecule has 0 saturated heterocycles. The molecule has 1 aromatic carbocycles. The van der Waals surface area contributed by atoms with Crippen LogP contribution in [-0.4, -0.2) is 25.2 Å². The molecule has 0 radical (unpaired) electrons. The zero-order chi connectivity index (χ0) is 13.6. The molecule has 18 heavy (non-hydrogen) atoms. The second-order valence-electron chi connectivity index (χ2n) is 4.30. The van der Waals surface area contributed by atoms with Crippen molar-refractivity contribution in [1.29, 1.82) is 0 Å². The number of unbranched alkanes of at least 4 members (excludes halogenated alkanes) is 2. The average molecular weight is 270 g/mol. The molecule has 0 amide bonds. The SMILES string of the molecule is CCCCCS(=O)(=O)Cc1ccc(C(=O)O)cc1. The van der Waals surface area contributed by atoms with E-state index < -0.39 is 15.8 Å². The maximum absolute atomic E-state index is 11.8.